The first-order valence-corrected chi connectivity index (χ1v) is 6.72. The number of fused-ring (bicyclic) bond motifs is 2. The van der Waals surface area contributed by atoms with Crippen molar-refractivity contribution in [2.24, 2.45) is 5.41 Å². The molecule has 0 saturated carbocycles. The third-order valence-corrected chi connectivity index (χ3v) is 3.81. The normalized spacial score (nSPS) is 31.0. The number of hydrogen-bond acceptors (Lipinski definition) is 3. The first-order valence-electron chi connectivity index (χ1n) is 6.72. The number of amides is 2. The average Bonchev–Trinajstić information content (AvgIpc) is 2.85. The fraction of sp³-hybridized carbons (Fsp3) is 0.846. The zero-order valence-corrected chi connectivity index (χ0v) is 11.6. The van der Waals surface area contributed by atoms with Gasteiger partial charge in [0.1, 0.15) is 6.04 Å². The number of carbonyl (C=O) groups excluding carboxylic acids is 1. The first kappa shape index (κ1) is 14.1. The number of carboxylic acid groups (broad SMARTS) is 1. The van der Waals surface area contributed by atoms with Gasteiger partial charge in [-0.2, -0.15) is 0 Å². The number of nitrogens with one attached hydrogen (secondary N) is 2. The fourth-order valence-corrected chi connectivity index (χ4v) is 2.78. The van der Waals surface area contributed by atoms with Crippen molar-refractivity contribution in [2.45, 2.75) is 64.3 Å². The van der Waals surface area contributed by atoms with Crippen LogP contribution in [0, 0.1) is 5.41 Å². The number of carboxylic acids is 1. The van der Waals surface area contributed by atoms with Crippen molar-refractivity contribution in [1.29, 1.82) is 0 Å². The van der Waals surface area contributed by atoms with Crippen molar-refractivity contribution >= 4 is 12.0 Å². The molecular weight excluding hydrogens is 248 g/mol. The molecule has 2 heterocycles. The number of ether oxygens (including phenoxy) is 1. The molecule has 3 unspecified atom stereocenters. The van der Waals surface area contributed by atoms with Gasteiger partial charge in [0.15, 0.2) is 0 Å². The minimum absolute atomic E-state index is 0.00756. The smallest absolute Gasteiger partial charge is 0.326 e. The summed E-state index contributed by atoms with van der Waals surface area (Å²) in [5, 5.41) is 14.5. The minimum atomic E-state index is -1.02. The number of rotatable bonds is 3. The Bertz CT molecular complexity index is 377. The van der Waals surface area contributed by atoms with Gasteiger partial charge in [-0.15, -0.1) is 0 Å². The Kier molecular flexibility index (Phi) is 3.71. The molecule has 108 valence electrons. The van der Waals surface area contributed by atoms with Crippen molar-refractivity contribution in [3.8, 4) is 0 Å². The van der Waals surface area contributed by atoms with Crippen LogP contribution in [0.2, 0.25) is 0 Å². The molecule has 2 amide bonds. The lowest BCUT2D eigenvalue weighted by Gasteiger charge is -2.29. The molecule has 0 aromatic rings. The number of hydrogen-bond donors (Lipinski definition) is 3. The molecule has 19 heavy (non-hydrogen) atoms. The lowest BCUT2D eigenvalue weighted by atomic mass is 9.87. The van der Waals surface area contributed by atoms with E-state index < -0.39 is 23.5 Å². The number of urea groups is 1. The molecule has 0 aromatic heterocycles. The zero-order valence-electron chi connectivity index (χ0n) is 11.6. The Morgan fingerprint density at radius 3 is 2.42 bits per heavy atom. The van der Waals surface area contributed by atoms with E-state index in [9.17, 15) is 9.59 Å². The largest absolute Gasteiger partial charge is 0.480 e. The van der Waals surface area contributed by atoms with Gasteiger partial charge in [0.25, 0.3) is 0 Å². The molecule has 4 atom stereocenters. The van der Waals surface area contributed by atoms with Crippen molar-refractivity contribution in [3.05, 3.63) is 0 Å². The van der Waals surface area contributed by atoms with E-state index in [0.717, 1.165) is 19.3 Å². The molecule has 2 fully saturated rings. The molecule has 0 aliphatic carbocycles. The average molecular weight is 270 g/mol. The Morgan fingerprint density at radius 1 is 1.32 bits per heavy atom. The molecule has 6 nitrogen and oxygen atoms in total. The third-order valence-electron chi connectivity index (χ3n) is 3.81. The van der Waals surface area contributed by atoms with Crippen LogP contribution in [0.1, 0.15) is 40.0 Å². The second-order valence-corrected chi connectivity index (χ2v) is 6.47. The highest BCUT2D eigenvalue weighted by atomic mass is 16.5. The Morgan fingerprint density at radius 2 is 2.00 bits per heavy atom. The van der Waals surface area contributed by atoms with E-state index >= 15 is 0 Å². The maximum Gasteiger partial charge on any atom is 0.326 e. The predicted molar refractivity (Wildman–Crippen MR) is 68.8 cm³/mol. The second kappa shape index (κ2) is 5.00. The Hall–Kier alpha value is -1.30. The van der Waals surface area contributed by atoms with Crippen LogP contribution in [0.5, 0.6) is 0 Å². The monoisotopic (exact) mass is 270 g/mol. The van der Waals surface area contributed by atoms with E-state index in [0.29, 0.717) is 0 Å². The van der Waals surface area contributed by atoms with E-state index in [2.05, 4.69) is 10.6 Å². The molecule has 6 heteroatoms. The highest BCUT2D eigenvalue weighted by Gasteiger charge is 2.42. The minimum Gasteiger partial charge on any atom is -0.480 e. The quantitative estimate of drug-likeness (QED) is 0.716. The van der Waals surface area contributed by atoms with Crippen LogP contribution in [0.15, 0.2) is 0 Å². The molecule has 3 N–H and O–H groups in total. The van der Waals surface area contributed by atoms with Gasteiger partial charge in [0.05, 0.1) is 18.2 Å². The summed E-state index contributed by atoms with van der Waals surface area (Å²) < 4.78 is 5.65. The van der Waals surface area contributed by atoms with Crippen LogP contribution in [0.25, 0.3) is 0 Å². The third kappa shape index (κ3) is 3.18. The standard InChI is InChI=1S/C13H22N2O4/c1-13(2,3)10(11(16)17)15-12(18)14-8-6-7-4-5-9(8)19-7/h7-10H,4-6H2,1-3H3,(H,16,17)(H2,14,15,18)/t7?,8?,9?,10-/m0/s1. The summed E-state index contributed by atoms with van der Waals surface area (Å²) in [6, 6.07) is -1.33. The predicted octanol–water partition coefficient (Wildman–Crippen LogP) is 1.10. The summed E-state index contributed by atoms with van der Waals surface area (Å²) in [7, 11) is 0. The van der Waals surface area contributed by atoms with E-state index in [-0.39, 0.29) is 18.2 Å². The van der Waals surface area contributed by atoms with Crippen molar-refractivity contribution < 1.29 is 19.4 Å². The molecule has 2 rings (SSSR count). The van der Waals surface area contributed by atoms with E-state index in [1.807, 2.05) is 0 Å². The van der Waals surface area contributed by atoms with Gasteiger partial charge < -0.3 is 20.5 Å². The summed E-state index contributed by atoms with van der Waals surface area (Å²) in [5.74, 6) is -1.02. The highest BCUT2D eigenvalue weighted by Crippen LogP contribution is 2.34. The van der Waals surface area contributed by atoms with Crippen LogP contribution in [-0.2, 0) is 9.53 Å². The molecule has 2 saturated heterocycles. The maximum atomic E-state index is 11.9. The van der Waals surface area contributed by atoms with Gasteiger partial charge in [-0.05, 0) is 24.7 Å². The Labute approximate surface area is 112 Å². The van der Waals surface area contributed by atoms with E-state index in [1.165, 1.54) is 0 Å². The van der Waals surface area contributed by atoms with Crippen LogP contribution < -0.4 is 10.6 Å². The maximum absolute atomic E-state index is 11.9. The number of aliphatic carboxylic acids is 1. The van der Waals surface area contributed by atoms with Crippen LogP contribution >= 0.6 is 0 Å². The summed E-state index contributed by atoms with van der Waals surface area (Å²) in [6.45, 7) is 5.35. The molecular formula is C13H22N2O4. The first-order chi connectivity index (χ1) is 8.77. The lowest BCUT2D eigenvalue weighted by molar-refractivity contribution is -0.141. The van der Waals surface area contributed by atoms with Gasteiger partial charge >= 0.3 is 12.0 Å². The molecule has 0 aromatic carbocycles. The van der Waals surface area contributed by atoms with Gasteiger partial charge in [-0.25, -0.2) is 9.59 Å². The molecule has 0 spiro atoms. The zero-order chi connectivity index (χ0) is 14.2. The van der Waals surface area contributed by atoms with Crippen molar-refractivity contribution in [2.75, 3.05) is 0 Å². The van der Waals surface area contributed by atoms with Gasteiger partial charge in [0.2, 0.25) is 0 Å². The lowest BCUT2D eigenvalue weighted by Crippen LogP contribution is -2.55. The number of carbonyl (C=O) groups is 2. The van der Waals surface area contributed by atoms with Gasteiger partial charge in [0, 0.05) is 0 Å². The van der Waals surface area contributed by atoms with E-state index in [4.69, 9.17) is 9.84 Å². The molecule has 2 bridgehead atoms. The SMILES string of the molecule is CC(C)(C)[C@@H](NC(=O)NC1CC2CCC1O2)C(=O)O. The van der Waals surface area contributed by atoms with Crippen molar-refractivity contribution in [3.63, 3.8) is 0 Å². The molecule has 2 aliphatic heterocycles. The topological polar surface area (TPSA) is 87.7 Å². The summed E-state index contributed by atoms with van der Waals surface area (Å²) in [4.78, 5) is 23.1. The van der Waals surface area contributed by atoms with Crippen LogP contribution in [-0.4, -0.2) is 41.4 Å². The van der Waals surface area contributed by atoms with Gasteiger partial charge in [-0.3, -0.25) is 0 Å². The second-order valence-electron chi connectivity index (χ2n) is 6.47. The molecule has 0 radical (unpaired) electrons. The van der Waals surface area contributed by atoms with Gasteiger partial charge in [-0.1, -0.05) is 20.8 Å². The fourth-order valence-electron chi connectivity index (χ4n) is 2.78. The highest BCUT2D eigenvalue weighted by molar-refractivity contribution is 5.83. The van der Waals surface area contributed by atoms with E-state index in [1.54, 1.807) is 20.8 Å². The Balaban J connectivity index is 1.88. The molecule has 2 aliphatic rings. The van der Waals surface area contributed by atoms with Crippen molar-refractivity contribution in [1.82, 2.24) is 10.6 Å². The summed E-state index contributed by atoms with van der Waals surface area (Å²) >= 11 is 0. The summed E-state index contributed by atoms with van der Waals surface area (Å²) in [5.41, 5.74) is -0.533. The van der Waals surface area contributed by atoms with Crippen LogP contribution in [0.4, 0.5) is 4.79 Å². The summed E-state index contributed by atoms with van der Waals surface area (Å²) in [6.07, 6.45) is 3.20. The van der Waals surface area contributed by atoms with Crippen LogP contribution in [0.3, 0.4) is 0 Å².